The zero-order valence-electron chi connectivity index (χ0n) is 15.4. The Balaban J connectivity index is 1.60. The highest BCUT2D eigenvalue weighted by Crippen LogP contribution is 2.34. The van der Waals surface area contributed by atoms with E-state index in [0.29, 0.717) is 0 Å². The van der Waals surface area contributed by atoms with E-state index in [0.717, 1.165) is 71.3 Å². The second-order valence-corrected chi connectivity index (χ2v) is 8.80. The van der Waals surface area contributed by atoms with Gasteiger partial charge in [0.1, 0.15) is 0 Å². The molecule has 2 aliphatic heterocycles. The Morgan fingerprint density at radius 2 is 2.08 bits per heavy atom. The first kappa shape index (κ1) is 18.9. The summed E-state index contributed by atoms with van der Waals surface area (Å²) < 4.78 is 5.80. The molecule has 0 atom stereocenters. The minimum absolute atomic E-state index is 0.248. The Morgan fingerprint density at radius 3 is 2.68 bits per heavy atom. The number of rotatable bonds is 5. The summed E-state index contributed by atoms with van der Waals surface area (Å²) in [6.07, 6.45) is 4.42. The van der Waals surface area contributed by atoms with E-state index in [9.17, 15) is 0 Å². The number of hydrogen-bond donors (Lipinski definition) is 1. The van der Waals surface area contributed by atoms with E-state index in [-0.39, 0.29) is 4.75 Å². The van der Waals surface area contributed by atoms with Crippen molar-refractivity contribution in [1.29, 1.82) is 0 Å². The standard InChI is InChI=1S/C18H30N4OS2/c1-3-19-17(20-15-18(24-2)6-12-23-13-7-18)22-10-8-21(9-11-22)16-5-4-14-25-16/h4-5,14H,3,6-13,15H2,1-2H3,(H,19,20). The van der Waals surface area contributed by atoms with Crippen molar-refractivity contribution in [2.75, 3.05) is 63.6 Å². The van der Waals surface area contributed by atoms with Gasteiger partial charge in [-0.3, -0.25) is 4.99 Å². The summed E-state index contributed by atoms with van der Waals surface area (Å²) in [5, 5.41) is 7.04. The molecule has 1 N–H and O–H groups in total. The number of hydrogen-bond acceptors (Lipinski definition) is 5. The van der Waals surface area contributed by atoms with E-state index in [2.05, 4.69) is 45.8 Å². The first-order valence-electron chi connectivity index (χ1n) is 9.21. The van der Waals surface area contributed by atoms with Crippen LogP contribution in [0.25, 0.3) is 0 Å². The van der Waals surface area contributed by atoms with Crippen molar-refractivity contribution in [2.45, 2.75) is 24.5 Å². The van der Waals surface area contributed by atoms with E-state index in [1.807, 2.05) is 23.1 Å². The third-order valence-corrected chi connectivity index (χ3v) is 7.42. The molecule has 0 saturated carbocycles. The van der Waals surface area contributed by atoms with Gasteiger partial charge in [-0.1, -0.05) is 0 Å². The van der Waals surface area contributed by atoms with Crippen LogP contribution < -0.4 is 10.2 Å². The first-order chi connectivity index (χ1) is 12.3. The largest absolute Gasteiger partial charge is 0.381 e. The molecule has 0 spiro atoms. The summed E-state index contributed by atoms with van der Waals surface area (Å²) in [5.41, 5.74) is 0. The number of guanidine groups is 1. The van der Waals surface area contributed by atoms with Gasteiger partial charge in [-0.15, -0.1) is 11.3 Å². The van der Waals surface area contributed by atoms with Crippen LogP contribution in [0, 0.1) is 0 Å². The molecule has 0 radical (unpaired) electrons. The molecule has 2 aliphatic rings. The second-order valence-electron chi connectivity index (χ2n) is 6.60. The zero-order chi connectivity index (χ0) is 17.5. The van der Waals surface area contributed by atoms with Gasteiger partial charge in [-0.2, -0.15) is 11.8 Å². The van der Waals surface area contributed by atoms with Crippen LogP contribution in [-0.2, 0) is 4.74 Å². The highest BCUT2D eigenvalue weighted by molar-refractivity contribution is 8.00. The lowest BCUT2D eigenvalue weighted by molar-refractivity contribution is 0.0793. The highest BCUT2D eigenvalue weighted by Gasteiger charge is 2.32. The molecule has 0 amide bonds. The summed E-state index contributed by atoms with van der Waals surface area (Å²) >= 11 is 3.79. The molecule has 0 aromatic carbocycles. The van der Waals surface area contributed by atoms with Gasteiger partial charge in [0.2, 0.25) is 0 Å². The average molecular weight is 383 g/mol. The maximum atomic E-state index is 5.55. The maximum absolute atomic E-state index is 5.55. The van der Waals surface area contributed by atoms with Crippen LogP contribution in [0.5, 0.6) is 0 Å². The fraction of sp³-hybridized carbons (Fsp3) is 0.722. The van der Waals surface area contributed by atoms with Crippen molar-refractivity contribution in [3.63, 3.8) is 0 Å². The lowest BCUT2D eigenvalue weighted by atomic mass is 9.99. The van der Waals surface area contributed by atoms with Gasteiger partial charge in [0.25, 0.3) is 0 Å². The SMILES string of the molecule is CCNC(=NCC1(SC)CCOCC1)N1CCN(c2cccs2)CC1. The topological polar surface area (TPSA) is 40.1 Å². The van der Waals surface area contributed by atoms with Crippen molar-refractivity contribution >= 4 is 34.1 Å². The van der Waals surface area contributed by atoms with E-state index >= 15 is 0 Å². The molecule has 1 aromatic rings. The van der Waals surface area contributed by atoms with E-state index in [4.69, 9.17) is 9.73 Å². The molecule has 3 rings (SSSR count). The third-order valence-electron chi connectivity index (χ3n) is 5.09. The third kappa shape index (κ3) is 4.83. The van der Waals surface area contributed by atoms with Crippen molar-refractivity contribution < 1.29 is 4.74 Å². The summed E-state index contributed by atoms with van der Waals surface area (Å²) in [6, 6.07) is 4.35. The van der Waals surface area contributed by atoms with Crippen molar-refractivity contribution in [2.24, 2.45) is 4.99 Å². The Bertz CT molecular complexity index is 535. The molecule has 2 fully saturated rings. The Hall–Kier alpha value is -0.920. The number of nitrogens with one attached hydrogen (secondary N) is 1. The second kappa shape index (κ2) is 9.14. The molecule has 3 heterocycles. The minimum Gasteiger partial charge on any atom is -0.381 e. The molecular formula is C18H30N4OS2. The summed E-state index contributed by atoms with van der Waals surface area (Å²) in [5.74, 6) is 1.08. The molecule has 2 saturated heterocycles. The van der Waals surface area contributed by atoms with E-state index < -0.39 is 0 Å². The summed E-state index contributed by atoms with van der Waals surface area (Å²) in [6.45, 7) is 9.86. The lowest BCUT2D eigenvalue weighted by Gasteiger charge is -2.38. The fourth-order valence-corrected chi connectivity index (χ4v) is 4.96. The number of ether oxygens (including phenoxy) is 1. The zero-order valence-corrected chi connectivity index (χ0v) is 17.0. The Labute approximate surface area is 159 Å². The van der Waals surface area contributed by atoms with Gasteiger partial charge >= 0.3 is 0 Å². The van der Waals surface area contributed by atoms with Crippen LogP contribution >= 0.6 is 23.1 Å². The number of aliphatic imine (C=N–C) groups is 1. The monoisotopic (exact) mass is 382 g/mol. The van der Waals surface area contributed by atoms with Crippen LogP contribution in [0.1, 0.15) is 19.8 Å². The van der Waals surface area contributed by atoms with Crippen LogP contribution in [0.15, 0.2) is 22.5 Å². The van der Waals surface area contributed by atoms with Gasteiger partial charge < -0.3 is 19.9 Å². The molecule has 0 bridgehead atoms. The number of piperazine rings is 1. The average Bonchev–Trinajstić information content (AvgIpc) is 3.21. The van der Waals surface area contributed by atoms with Gasteiger partial charge in [0.05, 0.1) is 11.5 Å². The normalized spacial score (nSPS) is 21.4. The Kier molecular flexibility index (Phi) is 6.90. The smallest absolute Gasteiger partial charge is 0.194 e. The molecule has 25 heavy (non-hydrogen) atoms. The fourth-order valence-electron chi connectivity index (χ4n) is 3.40. The predicted molar refractivity (Wildman–Crippen MR) is 110 cm³/mol. The number of nitrogens with zero attached hydrogens (tertiary/aromatic N) is 3. The lowest BCUT2D eigenvalue weighted by Crippen LogP contribution is -2.53. The molecule has 0 unspecified atom stereocenters. The predicted octanol–water partition coefficient (Wildman–Crippen LogP) is 2.75. The van der Waals surface area contributed by atoms with Crippen molar-refractivity contribution in [1.82, 2.24) is 10.2 Å². The van der Waals surface area contributed by atoms with E-state index in [1.54, 1.807) is 0 Å². The van der Waals surface area contributed by atoms with Gasteiger partial charge in [-0.25, -0.2) is 0 Å². The van der Waals surface area contributed by atoms with Gasteiger partial charge in [-0.05, 0) is 43.5 Å². The molecule has 7 heteroatoms. The van der Waals surface area contributed by atoms with E-state index in [1.165, 1.54) is 5.00 Å². The van der Waals surface area contributed by atoms with Crippen LogP contribution in [0.4, 0.5) is 5.00 Å². The first-order valence-corrected chi connectivity index (χ1v) is 11.3. The number of thiophene rings is 1. The molecular weight excluding hydrogens is 352 g/mol. The Morgan fingerprint density at radius 1 is 1.32 bits per heavy atom. The van der Waals surface area contributed by atoms with Crippen molar-refractivity contribution in [3.8, 4) is 0 Å². The minimum atomic E-state index is 0.248. The molecule has 0 aliphatic carbocycles. The van der Waals surface area contributed by atoms with Gasteiger partial charge in [0, 0.05) is 50.7 Å². The van der Waals surface area contributed by atoms with Crippen LogP contribution in [0.2, 0.25) is 0 Å². The summed E-state index contributed by atoms with van der Waals surface area (Å²) in [4.78, 5) is 9.93. The maximum Gasteiger partial charge on any atom is 0.194 e. The molecule has 5 nitrogen and oxygen atoms in total. The number of anilines is 1. The van der Waals surface area contributed by atoms with Crippen LogP contribution in [-0.4, -0.2) is 74.3 Å². The van der Waals surface area contributed by atoms with Crippen molar-refractivity contribution in [3.05, 3.63) is 17.5 Å². The molecule has 1 aromatic heterocycles. The molecule has 140 valence electrons. The quantitative estimate of drug-likeness (QED) is 0.626. The van der Waals surface area contributed by atoms with Crippen LogP contribution in [0.3, 0.4) is 0 Å². The number of thioether (sulfide) groups is 1. The highest BCUT2D eigenvalue weighted by atomic mass is 32.2. The summed E-state index contributed by atoms with van der Waals surface area (Å²) in [7, 11) is 0. The van der Waals surface area contributed by atoms with Gasteiger partial charge in [0.15, 0.2) is 5.96 Å².